The van der Waals surface area contributed by atoms with Crippen molar-refractivity contribution in [3.8, 4) is 5.75 Å². The van der Waals surface area contributed by atoms with E-state index in [2.05, 4.69) is 23.3 Å². The number of methoxy groups -OCH3 is 1. The Hall–Kier alpha value is -0.930. The van der Waals surface area contributed by atoms with E-state index in [1.807, 2.05) is 13.1 Å². The van der Waals surface area contributed by atoms with Crippen LogP contribution in [0.3, 0.4) is 0 Å². The second kappa shape index (κ2) is 5.15. The fourth-order valence-electron chi connectivity index (χ4n) is 2.46. The predicted molar refractivity (Wildman–Crippen MR) is 72.4 cm³/mol. The zero-order valence-corrected chi connectivity index (χ0v) is 11.3. The summed E-state index contributed by atoms with van der Waals surface area (Å²) >= 11 is 6.18. The molecule has 94 valence electrons. The molecule has 4 heteroatoms. The van der Waals surface area contributed by atoms with Crippen LogP contribution in [0.5, 0.6) is 5.75 Å². The van der Waals surface area contributed by atoms with E-state index in [1.54, 1.807) is 7.11 Å². The third kappa shape index (κ3) is 2.35. The Labute approximate surface area is 108 Å². The summed E-state index contributed by atoms with van der Waals surface area (Å²) in [4.78, 5) is 2.31. The van der Waals surface area contributed by atoms with E-state index in [-0.39, 0.29) is 0 Å². The maximum absolute atomic E-state index is 6.18. The summed E-state index contributed by atoms with van der Waals surface area (Å²) in [6.07, 6.45) is 2.24. The quantitative estimate of drug-likeness (QED) is 0.896. The first kappa shape index (κ1) is 12.5. The highest BCUT2D eigenvalue weighted by atomic mass is 35.5. The Morgan fingerprint density at radius 3 is 2.94 bits per heavy atom. The molecular formula is C13H19ClN2O. The number of hydrogen-bond donors (Lipinski definition) is 1. The second-order valence-electron chi connectivity index (χ2n) is 4.48. The monoisotopic (exact) mass is 254 g/mol. The average molecular weight is 255 g/mol. The summed E-state index contributed by atoms with van der Waals surface area (Å²) in [5, 5.41) is 3.92. The lowest BCUT2D eigenvalue weighted by Crippen LogP contribution is -2.42. The van der Waals surface area contributed by atoms with Gasteiger partial charge in [0.15, 0.2) is 0 Å². The van der Waals surface area contributed by atoms with E-state index >= 15 is 0 Å². The van der Waals surface area contributed by atoms with Crippen molar-refractivity contribution in [1.82, 2.24) is 5.32 Å². The molecule has 3 nitrogen and oxygen atoms in total. The molecule has 1 N–H and O–H groups in total. The van der Waals surface area contributed by atoms with Gasteiger partial charge in [0.25, 0.3) is 0 Å². The second-order valence-corrected chi connectivity index (χ2v) is 4.88. The van der Waals surface area contributed by atoms with Crippen molar-refractivity contribution < 1.29 is 4.74 Å². The van der Waals surface area contributed by atoms with Crippen LogP contribution in [0.15, 0.2) is 12.1 Å². The summed E-state index contributed by atoms with van der Waals surface area (Å²) in [5.74, 6) is 0.769. The smallest absolute Gasteiger partial charge is 0.137 e. The molecule has 2 rings (SSSR count). The molecule has 1 aromatic carbocycles. The van der Waals surface area contributed by atoms with Crippen molar-refractivity contribution in [2.45, 2.75) is 18.9 Å². The molecule has 1 heterocycles. The van der Waals surface area contributed by atoms with E-state index < -0.39 is 0 Å². The highest BCUT2D eigenvalue weighted by molar-refractivity contribution is 6.32. The molecule has 0 fully saturated rings. The van der Waals surface area contributed by atoms with Crippen LogP contribution in [0.4, 0.5) is 5.69 Å². The lowest BCUT2D eigenvalue weighted by Gasteiger charge is -2.36. The number of ether oxygens (including phenoxy) is 1. The number of hydrogen-bond acceptors (Lipinski definition) is 3. The average Bonchev–Trinajstić information content (AvgIpc) is 2.33. The summed E-state index contributed by atoms with van der Waals surface area (Å²) in [7, 11) is 5.77. The summed E-state index contributed by atoms with van der Waals surface area (Å²) in [5.41, 5.74) is 2.54. The van der Waals surface area contributed by atoms with E-state index in [9.17, 15) is 0 Å². The van der Waals surface area contributed by atoms with Crippen molar-refractivity contribution in [3.63, 3.8) is 0 Å². The Morgan fingerprint density at radius 2 is 2.29 bits per heavy atom. The number of halogens is 1. The van der Waals surface area contributed by atoms with Crippen LogP contribution in [0.1, 0.15) is 12.0 Å². The van der Waals surface area contributed by atoms with Crippen molar-refractivity contribution in [3.05, 3.63) is 22.7 Å². The maximum atomic E-state index is 6.18. The number of nitrogens with zero attached hydrogens (tertiary/aromatic N) is 1. The zero-order valence-electron chi connectivity index (χ0n) is 10.6. The van der Waals surface area contributed by atoms with Gasteiger partial charge in [0.05, 0.1) is 12.1 Å². The Kier molecular flexibility index (Phi) is 3.79. The first-order chi connectivity index (χ1) is 8.17. The Bertz CT molecular complexity index is 409. The number of benzene rings is 1. The highest BCUT2D eigenvalue weighted by Crippen LogP contribution is 2.37. The molecule has 0 bridgehead atoms. The van der Waals surface area contributed by atoms with Gasteiger partial charge in [-0.1, -0.05) is 11.6 Å². The van der Waals surface area contributed by atoms with Crippen LogP contribution in [0, 0.1) is 0 Å². The van der Waals surface area contributed by atoms with Gasteiger partial charge in [-0.15, -0.1) is 0 Å². The van der Waals surface area contributed by atoms with E-state index in [1.165, 1.54) is 11.3 Å². The molecule has 17 heavy (non-hydrogen) atoms. The van der Waals surface area contributed by atoms with Gasteiger partial charge in [0.2, 0.25) is 0 Å². The molecule has 1 aliphatic rings. The normalized spacial score (nSPS) is 19.1. The van der Waals surface area contributed by atoms with Gasteiger partial charge in [0.1, 0.15) is 5.75 Å². The first-order valence-corrected chi connectivity index (χ1v) is 6.29. The number of aryl methyl sites for hydroxylation is 1. The van der Waals surface area contributed by atoms with Gasteiger partial charge >= 0.3 is 0 Å². The van der Waals surface area contributed by atoms with Gasteiger partial charge in [-0.2, -0.15) is 0 Å². The van der Waals surface area contributed by atoms with E-state index in [0.29, 0.717) is 11.1 Å². The first-order valence-electron chi connectivity index (χ1n) is 5.91. The molecule has 0 aliphatic carbocycles. The fraction of sp³-hybridized carbons (Fsp3) is 0.538. The molecule has 0 saturated carbocycles. The summed E-state index contributed by atoms with van der Waals surface area (Å²) in [6.45, 7) is 1.000. The number of rotatable bonds is 3. The number of fused-ring (bicyclic) bond motifs is 1. The van der Waals surface area contributed by atoms with Gasteiger partial charge in [-0.3, -0.25) is 0 Å². The van der Waals surface area contributed by atoms with Crippen molar-refractivity contribution in [2.75, 3.05) is 32.6 Å². The molecule has 1 atom stereocenters. The number of likely N-dealkylation sites (N-methyl/N-ethyl adjacent to an activating group) is 2. The third-order valence-electron chi connectivity index (χ3n) is 3.47. The van der Waals surface area contributed by atoms with E-state index in [0.717, 1.165) is 25.1 Å². The molecule has 0 saturated heterocycles. The summed E-state index contributed by atoms with van der Waals surface area (Å²) < 4.78 is 5.26. The molecule has 0 amide bonds. The molecule has 1 aliphatic heterocycles. The van der Waals surface area contributed by atoms with Crippen molar-refractivity contribution >= 4 is 17.3 Å². The number of nitrogens with one attached hydrogen (secondary N) is 1. The third-order valence-corrected chi connectivity index (χ3v) is 3.76. The van der Waals surface area contributed by atoms with Gasteiger partial charge in [-0.05, 0) is 37.6 Å². The largest absolute Gasteiger partial charge is 0.495 e. The predicted octanol–water partition coefficient (Wildman–Crippen LogP) is 2.32. The molecule has 1 unspecified atom stereocenters. The van der Waals surface area contributed by atoms with Crippen LogP contribution < -0.4 is 15.0 Å². The number of anilines is 1. The van der Waals surface area contributed by atoms with Crippen LogP contribution in [-0.4, -0.2) is 33.8 Å². The zero-order chi connectivity index (χ0) is 12.4. The highest BCUT2D eigenvalue weighted by Gasteiger charge is 2.24. The lowest BCUT2D eigenvalue weighted by molar-refractivity contribution is 0.413. The Morgan fingerprint density at radius 1 is 1.53 bits per heavy atom. The van der Waals surface area contributed by atoms with Crippen LogP contribution in [0.25, 0.3) is 0 Å². The SMILES string of the molecule is CNCC1CCc2cc(OC)c(Cl)cc2N1C. The van der Waals surface area contributed by atoms with Crippen LogP contribution >= 0.6 is 11.6 Å². The standard InChI is InChI=1S/C13H19ClN2O/c1-15-8-10-5-4-9-6-13(17-3)11(14)7-12(9)16(10)2/h6-7,10,15H,4-5,8H2,1-3H3. The minimum absolute atomic E-state index is 0.539. The summed E-state index contributed by atoms with van der Waals surface area (Å²) in [6, 6.07) is 4.61. The minimum atomic E-state index is 0.539. The van der Waals surface area contributed by atoms with Gasteiger partial charge < -0.3 is 15.0 Å². The van der Waals surface area contributed by atoms with Crippen LogP contribution in [0.2, 0.25) is 5.02 Å². The molecular weight excluding hydrogens is 236 g/mol. The van der Waals surface area contributed by atoms with E-state index in [4.69, 9.17) is 16.3 Å². The molecule has 1 aromatic rings. The molecule has 0 aromatic heterocycles. The fourth-order valence-corrected chi connectivity index (χ4v) is 2.69. The van der Waals surface area contributed by atoms with Gasteiger partial charge in [0, 0.05) is 25.3 Å². The lowest BCUT2D eigenvalue weighted by atomic mass is 9.96. The Balaban J connectivity index is 2.33. The molecule has 0 radical (unpaired) electrons. The van der Waals surface area contributed by atoms with Gasteiger partial charge in [-0.25, -0.2) is 0 Å². The maximum Gasteiger partial charge on any atom is 0.137 e. The van der Waals surface area contributed by atoms with Crippen LogP contribution in [-0.2, 0) is 6.42 Å². The van der Waals surface area contributed by atoms with Crippen molar-refractivity contribution in [2.24, 2.45) is 0 Å². The van der Waals surface area contributed by atoms with Crippen molar-refractivity contribution in [1.29, 1.82) is 0 Å². The minimum Gasteiger partial charge on any atom is -0.495 e. The topological polar surface area (TPSA) is 24.5 Å². The molecule has 0 spiro atoms.